The number of fused-ring (bicyclic) bond motifs is 1. The van der Waals surface area contributed by atoms with Gasteiger partial charge in [0.25, 0.3) is 5.56 Å². The third-order valence-corrected chi connectivity index (χ3v) is 6.54. The molecule has 5 aromatic rings. The highest BCUT2D eigenvalue weighted by Crippen LogP contribution is 2.27. The zero-order valence-corrected chi connectivity index (χ0v) is 21.2. The van der Waals surface area contributed by atoms with Crippen LogP contribution in [0.15, 0.2) is 77.9 Å². The molecule has 0 amide bonds. The van der Waals surface area contributed by atoms with Crippen molar-refractivity contribution in [3.8, 4) is 5.75 Å². The molecule has 0 spiro atoms. The van der Waals surface area contributed by atoms with Crippen molar-refractivity contribution >= 4 is 10.9 Å². The lowest BCUT2D eigenvalue weighted by molar-refractivity contribution is 0.161. The molecule has 1 N–H and O–H groups in total. The molecule has 0 aliphatic heterocycles. The number of ether oxygens (including phenoxy) is 1. The van der Waals surface area contributed by atoms with E-state index < -0.39 is 0 Å². The Labute approximate surface area is 218 Å². The number of benzene rings is 2. The highest BCUT2D eigenvalue weighted by Gasteiger charge is 2.26. The minimum atomic E-state index is -0.294. The summed E-state index contributed by atoms with van der Waals surface area (Å²) in [7, 11) is 1.62. The van der Waals surface area contributed by atoms with Gasteiger partial charge >= 0.3 is 0 Å². The van der Waals surface area contributed by atoms with Crippen molar-refractivity contribution in [3.05, 3.63) is 112 Å². The van der Waals surface area contributed by atoms with Crippen molar-refractivity contribution in [2.24, 2.45) is 0 Å². The largest absolute Gasteiger partial charge is 0.497 e. The molecule has 10 heteroatoms. The zero-order chi connectivity index (χ0) is 26.5. The molecule has 9 nitrogen and oxygen atoms in total. The van der Waals surface area contributed by atoms with E-state index in [0.29, 0.717) is 43.2 Å². The first-order valence-corrected chi connectivity index (χ1v) is 12.4. The van der Waals surface area contributed by atoms with Crippen molar-refractivity contribution in [3.63, 3.8) is 0 Å². The number of halogens is 1. The molecule has 3 aromatic heterocycles. The van der Waals surface area contributed by atoms with E-state index in [9.17, 15) is 9.18 Å². The van der Waals surface area contributed by atoms with Gasteiger partial charge in [0.15, 0.2) is 5.82 Å². The molecule has 0 saturated carbocycles. The molecule has 0 aliphatic carbocycles. The second-order valence-electron chi connectivity index (χ2n) is 9.09. The molecule has 0 bridgehead atoms. The Balaban J connectivity index is 1.51. The van der Waals surface area contributed by atoms with Gasteiger partial charge < -0.3 is 9.72 Å². The number of H-pyrrole nitrogens is 1. The summed E-state index contributed by atoms with van der Waals surface area (Å²) in [6, 6.07) is 17.4. The van der Waals surface area contributed by atoms with Crippen molar-refractivity contribution in [2.45, 2.75) is 39.0 Å². The molecular formula is C28H28FN7O2. The Morgan fingerprint density at radius 3 is 2.66 bits per heavy atom. The summed E-state index contributed by atoms with van der Waals surface area (Å²) in [6.45, 7) is 3.36. The van der Waals surface area contributed by atoms with E-state index in [-0.39, 0.29) is 17.4 Å². The molecule has 0 fully saturated rings. The number of aromatic nitrogens is 6. The Morgan fingerprint density at radius 1 is 1.08 bits per heavy atom. The summed E-state index contributed by atoms with van der Waals surface area (Å²) in [4.78, 5) is 22.5. The van der Waals surface area contributed by atoms with Crippen LogP contribution in [0.3, 0.4) is 0 Å². The van der Waals surface area contributed by atoms with Crippen LogP contribution in [-0.4, -0.2) is 42.2 Å². The number of nitrogens with zero attached hydrogens (tertiary/aromatic N) is 6. The number of pyridine rings is 2. The van der Waals surface area contributed by atoms with Crippen LogP contribution in [0.5, 0.6) is 5.75 Å². The average molecular weight is 514 g/mol. The van der Waals surface area contributed by atoms with E-state index in [0.717, 1.165) is 22.0 Å². The first-order valence-electron chi connectivity index (χ1n) is 12.4. The fourth-order valence-electron chi connectivity index (χ4n) is 4.63. The van der Waals surface area contributed by atoms with Gasteiger partial charge in [-0.25, -0.2) is 9.07 Å². The molecular weight excluding hydrogens is 485 g/mol. The smallest absolute Gasteiger partial charge is 0.252 e. The predicted octanol–water partition coefficient (Wildman–Crippen LogP) is 4.26. The van der Waals surface area contributed by atoms with Crippen LogP contribution >= 0.6 is 0 Å². The van der Waals surface area contributed by atoms with E-state index in [2.05, 4.69) is 37.3 Å². The predicted molar refractivity (Wildman–Crippen MR) is 141 cm³/mol. The third-order valence-electron chi connectivity index (χ3n) is 6.54. The molecule has 194 valence electrons. The normalized spacial score (nSPS) is 12.2. The molecule has 2 aromatic carbocycles. The second-order valence-corrected chi connectivity index (χ2v) is 9.09. The summed E-state index contributed by atoms with van der Waals surface area (Å²) in [5.74, 6) is 1.09. The number of hydrogen-bond donors (Lipinski definition) is 1. The summed E-state index contributed by atoms with van der Waals surface area (Å²) in [6.07, 6.45) is 4.25. The van der Waals surface area contributed by atoms with Crippen LogP contribution in [0.4, 0.5) is 4.39 Å². The van der Waals surface area contributed by atoms with Crippen LogP contribution in [0.2, 0.25) is 0 Å². The first-order chi connectivity index (χ1) is 18.5. The molecule has 3 heterocycles. The third kappa shape index (κ3) is 5.60. The maximum atomic E-state index is 13.4. The molecule has 38 heavy (non-hydrogen) atoms. The monoisotopic (exact) mass is 513 g/mol. The number of nitrogens with one attached hydrogen (secondary N) is 1. The maximum absolute atomic E-state index is 13.4. The average Bonchev–Trinajstić information content (AvgIpc) is 3.38. The molecule has 0 aliphatic rings. The Kier molecular flexibility index (Phi) is 7.50. The number of tetrazole rings is 1. The summed E-state index contributed by atoms with van der Waals surface area (Å²) >= 11 is 0. The van der Waals surface area contributed by atoms with Gasteiger partial charge in [0, 0.05) is 41.9 Å². The van der Waals surface area contributed by atoms with Crippen LogP contribution in [-0.2, 0) is 19.6 Å². The first kappa shape index (κ1) is 25.2. The van der Waals surface area contributed by atoms with Crippen molar-refractivity contribution in [1.29, 1.82) is 0 Å². The Morgan fingerprint density at radius 2 is 1.92 bits per heavy atom. The highest BCUT2D eigenvalue weighted by molar-refractivity contribution is 5.80. The minimum Gasteiger partial charge on any atom is -0.497 e. The van der Waals surface area contributed by atoms with E-state index in [4.69, 9.17) is 4.74 Å². The van der Waals surface area contributed by atoms with Gasteiger partial charge in [-0.2, -0.15) is 0 Å². The van der Waals surface area contributed by atoms with Crippen molar-refractivity contribution in [2.75, 3.05) is 7.11 Å². The minimum absolute atomic E-state index is 0.153. The summed E-state index contributed by atoms with van der Waals surface area (Å²) in [5.41, 5.74) is 3.09. The number of methoxy groups -OCH3 is 1. The van der Waals surface area contributed by atoms with Gasteiger partial charge in [-0.05, 0) is 70.4 Å². The number of aromatic amines is 1. The molecule has 0 radical (unpaired) electrons. The van der Waals surface area contributed by atoms with Crippen LogP contribution < -0.4 is 10.3 Å². The summed E-state index contributed by atoms with van der Waals surface area (Å²) in [5, 5.41) is 13.4. The van der Waals surface area contributed by atoms with Gasteiger partial charge in [0.1, 0.15) is 11.6 Å². The molecule has 0 unspecified atom stereocenters. The van der Waals surface area contributed by atoms with E-state index in [1.54, 1.807) is 30.1 Å². The maximum Gasteiger partial charge on any atom is 0.252 e. The fraction of sp³-hybridized carbons (Fsp3) is 0.250. The summed E-state index contributed by atoms with van der Waals surface area (Å²) < 4.78 is 20.5. The fourth-order valence-corrected chi connectivity index (χ4v) is 4.63. The van der Waals surface area contributed by atoms with E-state index >= 15 is 0 Å². The SMILES string of the molecule is CC[C@@H](c1nnnn1Cc1ccc(F)cc1)N(Cc1cccnc1)Cc1cc2cc(OC)ccc2[nH]c1=O. The lowest BCUT2D eigenvalue weighted by atomic mass is 10.1. The topological polar surface area (TPSA) is 102 Å². The van der Waals surface area contributed by atoms with Crippen molar-refractivity contribution < 1.29 is 9.13 Å². The van der Waals surface area contributed by atoms with Crippen LogP contribution in [0.25, 0.3) is 10.9 Å². The van der Waals surface area contributed by atoms with E-state index in [1.165, 1.54) is 12.1 Å². The van der Waals surface area contributed by atoms with Crippen LogP contribution in [0, 0.1) is 5.82 Å². The van der Waals surface area contributed by atoms with E-state index in [1.807, 2.05) is 42.6 Å². The van der Waals surface area contributed by atoms with Gasteiger partial charge in [0.05, 0.1) is 19.7 Å². The second kappa shape index (κ2) is 11.3. The highest BCUT2D eigenvalue weighted by atomic mass is 19.1. The number of hydrogen-bond acceptors (Lipinski definition) is 7. The lowest BCUT2D eigenvalue weighted by Gasteiger charge is -2.30. The van der Waals surface area contributed by atoms with Gasteiger partial charge in [-0.15, -0.1) is 5.10 Å². The Bertz CT molecular complexity index is 1570. The lowest BCUT2D eigenvalue weighted by Crippen LogP contribution is -2.32. The van der Waals surface area contributed by atoms with Gasteiger partial charge in [-0.3, -0.25) is 14.7 Å². The van der Waals surface area contributed by atoms with Gasteiger partial charge in [0.2, 0.25) is 0 Å². The molecule has 5 rings (SSSR count). The molecule has 0 saturated heterocycles. The van der Waals surface area contributed by atoms with Crippen molar-refractivity contribution in [1.82, 2.24) is 35.1 Å². The Hall–Kier alpha value is -4.44. The van der Waals surface area contributed by atoms with Crippen LogP contribution in [0.1, 0.15) is 41.9 Å². The standard InChI is InChI=1S/C28H28FN7O2/c1-3-26(27-32-33-34-36(27)17-19-6-8-23(29)9-7-19)35(16-20-5-4-12-30-15-20)18-22-13-21-14-24(38-2)10-11-25(21)31-28(22)37/h4-15,26H,3,16-18H2,1-2H3,(H,31,37)/t26-/m0/s1. The van der Waals surface area contributed by atoms with Gasteiger partial charge in [-0.1, -0.05) is 25.1 Å². The quantitative estimate of drug-likeness (QED) is 0.298. The molecule has 1 atom stereocenters. The zero-order valence-electron chi connectivity index (χ0n) is 21.2. The number of rotatable bonds is 10.